The molecule has 3 heterocycles. The second kappa shape index (κ2) is 16.6. The van der Waals surface area contributed by atoms with E-state index in [1.165, 1.54) is 0 Å². The van der Waals surface area contributed by atoms with Gasteiger partial charge in [-0.15, -0.1) is 0 Å². The first kappa shape index (κ1) is 33.9. The van der Waals surface area contributed by atoms with Crippen molar-refractivity contribution in [3.05, 3.63) is 0 Å². The van der Waals surface area contributed by atoms with Crippen LogP contribution in [0.1, 0.15) is 27.7 Å². The summed E-state index contributed by atoms with van der Waals surface area (Å²) in [5.74, 6) is 0. The predicted molar refractivity (Wildman–Crippen MR) is 114 cm³/mol. The standard InChI is InChI=1S/C3H11O12Si8.2C3H8O.Ti/c1-23(2,3)15-22-13-19-8-16(4)6-18-7-17(5)9-20(14-22)12-21(10-18)11-19;2*1-3(2)4;/h4-5H,1-3H3;2*3-4H,1-2H3;. The maximum atomic E-state index is 9.80. The zero-order chi connectivity index (χ0) is 23.8. The fraction of sp³-hybridized carbons (Fsp3) is 1.00. The molecule has 0 amide bonds. The van der Waals surface area contributed by atoms with Crippen molar-refractivity contribution in [3.63, 3.8) is 0 Å². The minimum atomic E-state index is -2.75. The normalized spacial score (nSPS) is 23.2. The molecule has 3 aliphatic heterocycles. The molecule has 0 atom stereocenters. The molecule has 0 aromatic rings. The summed E-state index contributed by atoms with van der Waals surface area (Å²) in [5, 5.41) is 16.1. The van der Waals surface area contributed by atoms with E-state index in [1.807, 2.05) is 19.6 Å². The summed E-state index contributed by atoms with van der Waals surface area (Å²) in [6.45, 7) is 12.7. The molecular formula is C9H27O14Si8Ti. The van der Waals surface area contributed by atoms with E-state index in [1.54, 1.807) is 27.7 Å². The second-order valence-corrected chi connectivity index (χ2v) is 23.1. The van der Waals surface area contributed by atoms with Crippen LogP contribution < -0.4 is 0 Å². The number of fused-ring (bicyclic) bond motifs is 3. The van der Waals surface area contributed by atoms with Crippen LogP contribution in [0.15, 0.2) is 0 Å². The monoisotopic (exact) mass is 631 g/mol. The van der Waals surface area contributed by atoms with Crippen molar-refractivity contribution < 1.29 is 82.7 Å². The van der Waals surface area contributed by atoms with Crippen molar-refractivity contribution >= 4 is 75.0 Å². The zero-order valence-corrected chi connectivity index (χ0v) is 28.1. The van der Waals surface area contributed by atoms with Crippen molar-refractivity contribution in [1.29, 1.82) is 0 Å². The van der Waals surface area contributed by atoms with Crippen LogP contribution in [0.2, 0.25) is 19.6 Å². The minimum Gasteiger partial charge on any atom is -0.415 e. The Hall–Kier alpha value is 1.89. The van der Waals surface area contributed by atoms with E-state index in [0.29, 0.717) is 0 Å². The van der Waals surface area contributed by atoms with E-state index in [4.69, 9.17) is 51.4 Å². The van der Waals surface area contributed by atoms with Crippen molar-refractivity contribution in [3.8, 4) is 0 Å². The van der Waals surface area contributed by atoms with E-state index in [0.717, 1.165) is 0 Å². The molecule has 32 heavy (non-hydrogen) atoms. The molecule has 3 aliphatic rings. The minimum absolute atomic E-state index is 0. The van der Waals surface area contributed by atoms with E-state index in [-0.39, 0.29) is 33.9 Å². The zero-order valence-electron chi connectivity index (χ0n) is 18.5. The van der Waals surface area contributed by atoms with Gasteiger partial charge in [0.2, 0.25) is 0 Å². The average molecular weight is 632 g/mol. The van der Waals surface area contributed by atoms with Gasteiger partial charge in [-0.1, -0.05) is 0 Å². The second-order valence-electron chi connectivity index (χ2n) is 7.10. The van der Waals surface area contributed by atoms with E-state index in [2.05, 4.69) is 0 Å². The predicted octanol–water partition coefficient (Wildman–Crippen LogP) is -2.32. The van der Waals surface area contributed by atoms with Crippen LogP contribution in [0.4, 0.5) is 0 Å². The van der Waals surface area contributed by atoms with Gasteiger partial charge in [0, 0.05) is 33.9 Å². The first-order valence-corrected chi connectivity index (χ1v) is 20.9. The van der Waals surface area contributed by atoms with Gasteiger partial charge < -0.3 is 61.0 Å². The molecule has 3 rings (SSSR count). The van der Waals surface area contributed by atoms with Crippen molar-refractivity contribution in [2.45, 2.75) is 59.5 Å². The van der Waals surface area contributed by atoms with Gasteiger partial charge in [0.05, 0.1) is 0 Å². The topological polar surface area (TPSA) is 173 Å². The van der Waals surface area contributed by atoms with Crippen LogP contribution in [-0.4, -0.2) is 107 Å². The summed E-state index contributed by atoms with van der Waals surface area (Å²) in [4.78, 5) is 19.6. The Balaban J connectivity index is 0.000000928. The smallest absolute Gasteiger partial charge is 0.415 e. The van der Waals surface area contributed by atoms with E-state index in [9.17, 15) is 9.59 Å². The number of hydrogen-bond acceptors (Lipinski definition) is 14. The Morgan fingerprint density at radius 1 is 0.594 bits per heavy atom. The van der Waals surface area contributed by atoms with Gasteiger partial charge in [0.1, 0.15) is 0 Å². The Labute approximate surface area is 216 Å². The van der Waals surface area contributed by atoms with Crippen LogP contribution in [0.3, 0.4) is 0 Å². The van der Waals surface area contributed by atoms with Gasteiger partial charge >= 0.3 is 66.7 Å². The number of aliphatic hydroxyl groups excluding tert-OH is 2. The summed E-state index contributed by atoms with van der Waals surface area (Å²) in [6.07, 6.45) is -0.333. The van der Waals surface area contributed by atoms with Gasteiger partial charge in [-0.2, -0.15) is 0 Å². The molecule has 0 spiro atoms. The van der Waals surface area contributed by atoms with Crippen molar-refractivity contribution in [1.82, 2.24) is 0 Å². The molecule has 183 valence electrons. The van der Waals surface area contributed by atoms with Crippen LogP contribution in [0, 0.1) is 0 Å². The van der Waals surface area contributed by atoms with Crippen LogP contribution in [0.25, 0.3) is 0 Å². The Morgan fingerprint density at radius 3 is 1.12 bits per heavy atom. The van der Waals surface area contributed by atoms with Gasteiger partial charge in [-0.3, -0.25) is 0 Å². The third kappa shape index (κ3) is 16.5. The summed E-state index contributed by atoms with van der Waals surface area (Å²) in [7, 11) is -19.5. The van der Waals surface area contributed by atoms with Gasteiger partial charge in [-0.25, -0.2) is 0 Å². The third-order valence-corrected chi connectivity index (χ3v) is 17.1. The quantitative estimate of drug-likeness (QED) is 0.239. The summed E-state index contributed by atoms with van der Waals surface area (Å²) < 4.78 is 54.3. The molecule has 4 N–H and O–H groups in total. The fourth-order valence-corrected chi connectivity index (χ4v) is 17.4. The summed E-state index contributed by atoms with van der Waals surface area (Å²) in [5.41, 5.74) is 0. The molecule has 3 fully saturated rings. The third-order valence-electron chi connectivity index (χ3n) is 1.91. The summed E-state index contributed by atoms with van der Waals surface area (Å²) >= 11 is 0. The maximum absolute atomic E-state index is 9.80. The van der Waals surface area contributed by atoms with E-state index >= 15 is 0 Å². The van der Waals surface area contributed by atoms with Crippen molar-refractivity contribution in [2.75, 3.05) is 0 Å². The molecule has 0 aromatic heterocycles. The van der Waals surface area contributed by atoms with Crippen LogP contribution >= 0.6 is 0 Å². The molecule has 0 unspecified atom stereocenters. The Kier molecular flexibility index (Phi) is 17.6. The van der Waals surface area contributed by atoms with Gasteiger partial charge in [0.15, 0.2) is 8.32 Å². The Bertz CT molecular complexity index is 470. The maximum Gasteiger partial charge on any atom is 0.558 e. The Morgan fingerprint density at radius 2 is 0.844 bits per heavy atom. The number of hydrogen-bond donors (Lipinski definition) is 4. The molecular weight excluding hydrogens is 605 g/mol. The molecule has 3 saturated heterocycles. The molecule has 0 aromatic carbocycles. The van der Waals surface area contributed by atoms with Gasteiger partial charge in [0.25, 0.3) is 0 Å². The summed E-state index contributed by atoms with van der Waals surface area (Å²) in [6, 6.07) is 0. The largest absolute Gasteiger partial charge is 0.558 e. The molecule has 4 bridgehead atoms. The van der Waals surface area contributed by atoms with Crippen LogP contribution in [-0.2, 0) is 62.9 Å². The molecule has 0 saturated carbocycles. The molecule has 0 aliphatic carbocycles. The number of rotatable bonds is 2. The molecule has 7 radical (unpaired) electrons. The average Bonchev–Trinajstić information content (AvgIpc) is 2.46. The first-order chi connectivity index (χ1) is 14.2. The molecule has 14 nitrogen and oxygen atoms in total. The molecule has 23 heteroatoms. The first-order valence-electron chi connectivity index (χ1n) is 8.86. The SMILES string of the molecule is CC(C)O.CC(C)O.C[Si](C)(C)O[Si]1O[Si]2O[Si](O)O[Si]3O[Si](O)O[Si](O[Si](O3)O2)O1.[Ti]. The number of aliphatic hydroxyl groups is 2. The van der Waals surface area contributed by atoms with Crippen LogP contribution in [0.5, 0.6) is 0 Å². The fourth-order valence-electron chi connectivity index (χ4n) is 1.23. The van der Waals surface area contributed by atoms with Crippen molar-refractivity contribution in [2.24, 2.45) is 0 Å². The van der Waals surface area contributed by atoms with E-state index < -0.39 is 75.0 Å². The van der Waals surface area contributed by atoms with Gasteiger partial charge in [-0.05, 0) is 47.3 Å².